The molecule has 0 saturated heterocycles. The largest absolute Gasteiger partial charge is 0.325 e. The van der Waals surface area contributed by atoms with Gasteiger partial charge in [0, 0.05) is 16.8 Å². The molecule has 0 aliphatic rings. The van der Waals surface area contributed by atoms with Crippen LogP contribution >= 0.6 is 11.3 Å². The molecular weight excluding hydrogens is 372 g/mol. The summed E-state index contributed by atoms with van der Waals surface area (Å²) in [6.07, 6.45) is 0.144. The maximum absolute atomic E-state index is 12.3. The van der Waals surface area contributed by atoms with Crippen molar-refractivity contribution in [3.63, 3.8) is 0 Å². The first kappa shape index (κ1) is 19.6. The number of benzene rings is 2. The second-order valence-corrected chi connectivity index (χ2v) is 7.42. The lowest BCUT2D eigenvalue weighted by Gasteiger charge is -2.09. The van der Waals surface area contributed by atoms with Crippen LogP contribution in [0.5, 0.6) is 0 Å². The number of aryl methyl sites for hydroxylation is 2. The summed E-state index contributed by atoms with van der Waals surface area (Å²) in [5.74, 6) is -0.144. The molecule has 0 radical (unpaired) electrons. The van der Waals surface area contributed by atoms with Crippen molar-refractivity contribution >= 4 is 39.8 Å². The number of carbonyl (C=O) groups is 2. The molecule has 3 N–H and O–H groups in total. The summed E-state index contributed by atoms with van der Waals surface area (Å²) in [6, 6.07) is 13.0. The van der Waals surface area contributed by atoms with E-state index in [0.29, 0.717) is 16.5 Å². The third kappa shape index (κ3) is 5.17. The molecular formula is C21H22N4O2S. The van der Waals surface area contributed by atoms with Crippen LogP contribution in [0.1, 0.15) is 22.4 Å². The molecule has 0 saturated carbocycles. The van der Waals surface area contributed by atoms with Crippen LogP contribution in [0.3, 0.4) is 0 Å². The lowest BCUT2D eigenvalue weighted by molar-refractivity contribution is -0.115. The van der Waals surface area contributed by atoms with Crippen LogP contribution in [0.4, 0.5) is 21.3 Å². The SMILES string of the molecule is Cc1cccc(NC(=O)Nc2nc(CC(=O)Nc3cccc(C)c3C)cs2)c1. The topological polar surface area (TPSA) is 83.1 Å². The monoisotopic (exact) mass is 394 g/mol. The van der Waals surface area contributed by atoms with Gasteiger partial charge in [-0.15, -0.1) is 11.3 Å². The van der Waals surface area contributed by atoms with Crippen LogP contribution in [-0.4, -0.2) is 16.9 Å². The summed E-state index contributed by atoms with van der Waals surface area (Å²) in [5, 5.41) is 10.6. The van der Waals surface area contributed by atoms with E-state index in [9.17, 15) is 9.59 Å². The van der Waals surface area contributed by atoms with Gasteiger partial charge in [-0.05, 0) is 55.7 Å². The van der Waals surface area contributed by atoms with Gasteiger partial charge in [0.1, 0.15) is 0 Å². The molecule has 7 heteroatoms. The summed E-state index contributed by atoms with van der Waals surface area (Å²) in [4.78, 5) is 28.7. The highest BCUT2D eigenvalue weighted by Gasteiger charge is 2.11. The Balaban J connectivity index is 1.55. The molecule has 144 valence electrons. The number of aromatic nitrogens is 1. The molecule has 0 spiro atoms. The van der Waals surface area contributed by atoms with Crippen molar-refractivity contribution in [2.24, 2.45) is 0 Å². The van der Waals surface area contributed by atoms with Crippen LogP contribution in [0, 0.1) is 20.8 Å². The molecule has 1 aromatic heterocycles. The minimum absolute atomic E-state index is 0.144. The number of hydrogen-bond acceptors (Lipinski definition) is 4. The lowest BCUT2D eigenvalue weighted by atomic mass is 10.1. The van der Waals surface area contributed by atoms with Gasteiger partial charge in [0.25, 0.3) is 0 Å². The molecule has 0 fully saturated rings. The molecule has 1 heterocycles. The Morgan fingerprint density at radius 1 is 1.00 bits per heavy atom. The van der Waals surface area contributed by atoms with Crippen molar-refractivity contribution in [1.82, 2.24) is 4.98 Å². The first-order valence-corrected chi connectivity index (χ1v) is 9.74. The Labute approximate surface area is 168 Å². The van der Waals surface area contributed by atoms with Crippen molar-refractivity contribution in [1.29, 1.82) is 0 Å². The zero-order chi connectivity index (χ0) is 20.1. The number of amides is 3. The van der Waals surface area contributed by atoms with Crippen LogP contribution < -0.4 is 16.0 Å². The zero-order valence-electron chi connectivity index (χ0n) is 16.0. The van der Waals surface area contributed by atoms with Gasteiger partial charge < -0.3 is 10.6 Å². The van der Waals surface area contributed by atoms with Crippen molar-refractivity contribution in [3.05, 3.63) is 70.2 Å². The van der Waals surface area contributed by atoms with Crippen LogP contribution in [0.25, 0.3) is 0 Å². The third-order valence-corrected chi connectivity index (χ3v) is 5.08. The number of hydrogen-bond donors (Lipinski definition) is 3. The molecule has 0 aliphatic carbocycles. The average Bonchev–Trinajstić information content (AvgIpc) is 3.05. The fraction of sp³-hybridized carbons (Fsp3) is 0.190. The van der Waals surface area contributed by atoms with Gasteiger partial charge in [0.15, 0.2) is 5.13 Å². The van der Waals surface area contributed by atoms with E-state index in [-0.39, 0.29) is 18.4 Å². The maximum Gasteiger partial charge on any atom is 0.325 e. The van der Waals surface area contributed by atoms with Gasteiger partial charge in [-0.25, -0.2) is 9.78 Å². The van der Waals surface area contributed by atoms with Crippen LogP contribution in [0.2, 0.25) is 0 Å². The predicted octanol–water partition coefficient (Wildman–Crippen LogP) is 4.89. The first-order chi connectivity index (χ1) is 13.4. The van der Waals surface area contributed by atoms with Crippen molar-refractivity contribution in [2.75, 3.05) is 16.0 Å². The summed E-state index contributed by atoms with van der Waals surface area (Å²) in [7, 11) is 0. The second kappa shape index (κ2) is 8.67. The Hall–Kier alpha value is -3.19. The molecule has 6 nitrogen and oxygen atoms in total. The molecule has 28 heavy (non-hydrogen) atoms. The van der Waals surface area contributed by atoms with Gasteiger partial charge in [-0.2, -0.15) is 0 Å². The zero-order valence-corrected chi connectivity index (χ0v) is 16.8. The summed E-state index contributed by atoms with van der Waals surface area (Å²) >= 11 is 1.28. The molecule has 3 amide bonds. The summed E-state index contributed by atoms with van der Waals surface area (Å²) < 4.78 is 0. The Bertz CT molecular complexity index is 1010. The van der Waals surface area contributed by atoms with E-state index in [0.717, 1.165) is 22.4 Å². The molecule has 2 aromatic carbocycles. The van der Waals surface area contributed by atoms with Gasteiger partial charge in [-0.3, -0.25) is 10.1 Å². The van der Waals surface area contributed by atoms with E-state index in [2.05, 4.69) is 20.9 Å². The highest BCUT2D eigenvalue weighted by Crippen LogP contribution is 2.20. The van der Waals surface area contributed by atoms with Crippen molar-refractivity contribution in [2.45, 2.75) is 27.2 Å². The third-order valence-electron chi connectivity index (χ3n) is 4.27. The number of nitrogens with zero attached hydrogens (tertiary/aromatic N) is 1. The summed E-state index contributed by atoms with van der Waals surface area (Å²) in [5.41, 5.74) is 5.35. The number of thiazole rings is 1. The highest BCUT2D eigenvalue weighted by molar-refractivity contribution is 7.14. The predicted molar refractivity (Wildman–Crippen MR) is 114 cm³/mol. The number of carbonyl (C=O) groups excluding carboxylic acids is 2. The van der Waals surface area contributed by atoms with Crippen molar-refractivity contribution in [3.8, 4) is 0 Å². The molecule has 3 rings (SSSR count). The van der Waals surface area contributed by atoms with E-state index in [1.165, 1.54) is 11.3 Å². The van der Waals surface area contributed by atoms with Crippen LogP contribution in [-0.2, 0) is 11.2 Å². The lowest BCUT2D eigenvalue weighted by Crippen LogP contribution is -2.19. The summed E-state index contributed by atoms with van der Waals surface area (Å²) in [6.45, 7) is 5.94. The van der Waals surface area contributed by atoms with Crippen molar-refractivity contribution < 1.29 is 9.59 Å². The highest BCUT2D eigenvalue weighted by atomic mass is 32.1. The quantitative estimate of drug-likeness (QED) is 0.576. The maximum atomic E-state index is 12.3. The van der Waals surface area contributed by atoms with E-state index in [1.54, 1.807) is 5.38 Å². The molecule has 0 aliphatic heterocycles. The minimum atomic E-state index is -0.369. The number of rotatable bonds is 5. The fourth-order valence-electron chi connectivity index (χ4n) is 2.67. The Morgan fingerprint density at radius 3 is 2.57 bits per heavy atom. The van der Waals surface area contributed by atoms with E-state index in [4.69, 9.17) is 0 Å². The first-order valence-electron chi connectivity index (χ1n) is 8.86. The smallest absolute Gasteiger partial charge is 0.325 e. The Kier molecular flexibility index (Phi) is 6.06. The van der Waals surface area contributed by atoms with E-state index >= 15 is 0 Å². The molecule has 3 aromatic rings. The average molecular weight is 395 g/mol. The van der Waals surface area contributed by atoms with E-state index < -0.39 is 0 Å². The Morgan fingerprint density at radius 2 is 1.79 bits per heavy atom. The second-order valence-electron chi connectivity index (χ2n) is 6.57. The van der Waals surface area contributed by atoms with E-state index in [1.807, 2.05) is 63.2 Å². The van der Waals surface area contributed by atoms with Gasteiger partial charge >= 0.3 is 6.03 Å². The van der Waals surface area contributed by atoms with Gasteiger partial charge in [-0.1, -0.05) is 24.3 Å². The standard InChI is InChI=1S/C21H22N4O2S/c1-13-6-4-8-16(10-13)22-20(27)25-21-23-17(12-28-21)11-19(26)24-18-9-5-7-14(2)15(18)3/h4-10,12H,11H2,1-3H3,(H,24,26)(H2,22,23,25,27). The number of nitrogens with one attached hydrogen (secondary N) is 3. The minimum Gasteiger partial charge on any atom is -0.325 e. The van der Waals surface area contributed by atoms with Gasteiger partial charge in [0.2, 0.25) is 5.91 Å². The normalized spacial score (nSPS) is 10.4. The van der Waals surface area contributed by atoms with Gasteiger partial charge in [0.05, 0.1) is 12.1 Å². The number of urea groups is 1. The fourth-order valence-corrected chi connectivity index (χ4v) is 3.38. The molecule has 0 bridgehead atoms. The number of anilines is 3. The van der Waals surface area contributed by atoms with Crippen LogP contribution in [0.15, 0.2) is 47.8 Å². The molecule has 0 unspecified atom stereocenters. The molecule has 0 atom stereocenters.